The summed E-state index contributed by atoms with van der Waals surface area (Å²) in [5.74, 6) is 0.471. The molecule has 23 heavy (non-hydrogen) atoms. The highest BCUT2D eigenvalue weighted by Gasteiger charge is 2.13. The summed E-state index contributed by atoms with van der Waals surface area (Å²) in [6, 6.07) is 16.0. The van der Waals surface area contributed by atoms with E-state index in [1.54, 1.807) is 30.3 Å². The number of amides is 1. The van der Waals surface area contributed by atoms with Crippen molar-refractivity contribution in [3.63, 3.8) is 0 Å². The summed E-state index contributed by atoms with van der Waals surface area (Å²) in [7, 11) is 0. The monoisotopic (exact) mass is 457 g/mol. The van der Waals surface area contributed by atoms with Crippen molar-refractivity contribution < 1.29 is 9.21 Å². The molecule has 0 unspecified atom stereocenters. The zero-order valence-corrected chi connectivity index (χ0v) is 15.3. The number of furan rings is 1. The number of carbonyl (C=O) groups is 1. The highest BCUT2D eigenvalue weighted by Crippen LogP contribution is 2.29. The van der Waals surface area contributed by atoms with Crippen molar-refractivity contribution in [2.24, 2.45) is 0 Å². The topological polar surface area (TPSA) is 42.2 Å². The molecule has 0 aliphatic carbocycles. The van der Waals surface area contributed by atoms with Crippen molar-refractivity contribution in [1.29, 1.82) is 0 Å². The molecule has 0 saturated carbocycles. The molecule has 3 nitrogen and oxygen atoms in total. The Morgan fingerprint density at radius 2 is 1.70 bits per heavy atom. The van der Waals surface area contributed by atoms with Gasteiger partial charge in [0.05, 0.1) is 10.0 Å². The smallest absolute Gasteiger partial charge is 0.291 e. The molecule has 6 heteroatoms. The molecular formula is C17H10Cl2INO2. The summed E-state index contributed by atoms with van der Waals surface area (Å²) < 4.78 is 6.70. The third-order valence-corrected chi connectivity index (χ3v) is 4.59. The Balaban J connectivity index is 1.79. The number of carbonyl (C=O) groups excluding carboxylic acids is 1. The van der Waals surface area contributed by atoms with E-state index in [0.717, 1.165) is 9.13 Å². The summed E-state index contributed by atoms with van der Waals surface area (Å²) in [6.45, 7) is 0. The lowest BCUT2D eigenvalue weighted by Crippen LogP contribution is -2.10. The largest absolute Gasteiger partial charge is 0.451 e. The number of nitrogens with one attached hydrogen (secondary N) is 1. The quantitative estimate of drug-likeness (QED) is 0.482. The SMILES string of the molecule is O=C(Nc1ccc(I)cc1)c1ccc(-c2ccc(Cl)c(Cl)c2)o1. The van der Waals surface area contributed by atoms with Gasteiger partial charge in [-0.2, -0.15) is 0 Å². The molecule has 0 fully saturated rings. The van der Waals surface area contributed by atoms with Crippen molar-refractivity contribution in [2.75, 3.05) is 5.32 Å². The molecule has 1 heterocycles. The van der Waals surface area contributed by atoms with Crippen LogP contribution in [0, 0.1) is 3.57 Å². The Bertz CT molecular complexity index is 859. The van der Waals surface area contributed by atoms with Gasteiger partial charge < -0.3 is 9.73 Å². The average Bonchev–Trinajstić information content (AvgIpc) is 3.02. The van der Waals surface area contributed by atoms with Crippen LogP contribution in [0.1, 0.15) is 10.6 Å². The van der Waals surface area contributed by atoms with E-state index in [4.69, 9.17) is 27.6 Å². The van der Waals surface area contributed by atoms with Gasteiger partial charge in [0.15, 0.2) is 5.76 Å². The third-order valence-electron chi connectivity index (χ3n) is 3.14. The zero-order valence-electron chi connectivity index (χ0n) is 11.6. The Kier molecular flexibility index (Phi) is 4.94. The summed E-state index contributed by atoms with van der Waals surface area (Å²) in [6.07, 6.45) is 0. The second-order valence-corrected chi connectivity index (χ2v) is 6.81. The maximum Gasteiger partial charge on any atom is 0.291 e. The number of anilines is 1. The van der Waals surface area contributed by atoms with E-state index in [1.807, 2.05) is 24.3 Å². The molecule has 0 bridgehead atoms. The van der Waals surface area contributed by atoms with Crippen LogP contribution in [0.3, 0.4) is 0 Å². The molecule has 1 aromatic heterocycles. The predicted molar refractivity (Wildman–Crippen MR) is 101 cm³/mol. The van der Waals surface area contributed by atoms with E-state index in [9.17, 15) is 4.79 Å². The van der Waals surface area contributed by atoms with Gasteiger partial charge in [0.25, 0.3) is 5.91 Å². The molecule has 0 saturated heterocycles. The highest BCUT2D eigenvalue weighted by molar-refractivity contribution is 14.1. The molecular weight excluding hydrogens is 448 g/mol. The Morgan fingerprint density at radius 3 is 2.39 bits per heavy atom. The number of hydrogen-bond acceptors (Lipinski definition) is 2. The highest BCUT2D eigenvalue weighted by atomic mass is 127. The fourth-order valence-corrected chi connectivity index (χ4v) is 2.65. The summed E-state index contributed by atoms with van der Waals surface area (Å²) >= 11 is 14.1. The van der Waals surface area contributed by atoms with Crippen molar-refractivity contribution in [2.45, 2.75) is 0 Å². The van der Waals surface area contributed by atoms with Crippen molar-refractivity contribution in [3.8, 4) is 11.3 Å². The minimum Gasteiger partial charge on any atom is -0.451 e. The Morgan fingerprint density at radius 1 is 0.957 bits per heavy atom. The number of benzene rings is 2. The van der Waals surface area contributed by atoms with Crippen LogP contribution in [-0.2, 0) is 0 Å². The molecule has 0 aliphatic heterocycles. The van der Waals surface area contributed by atoms with Gasteiger partial charge in [-0.15, -0.1) is 0 Å². The Labute approximate surface area is 156 Å². The predicted octanol–water partition coefficient (Wildman–Crippen LogP) is 6.11. The van der Waals surface area contributed by atoms with Crippen LogP contribution in [0.15, 0.2) is 59.0 Å². The molecule has 1 N–H and O–H groups in total. The van der Waals surface area contributed by atoms with E-state index in [0.29, 0.717) is 21.5 Å². The molecule has 0 radical (unpaired) electrons. The third kappa shape index (κ3) is 3.88. The first-order chi connectivity index (χ1) is 11.0. The van der Waals surface area contributed by atoms with Gasteiger partial charge in [0, 0.05) is 14.8 Å². The van der Waals surface area contributed by atoms with Crippen LogP contribution >= 0.6 is 45.8 Å². The first-order valence-corrected chi connectivity index (χ1v) is 8.48. The minimum absolute atomic E-state index is 0.227. The number of rotatable bonds is 3. The van der Waals surface area contributed by atoms with Gasteiger partial charge >= 0.3 is 0 Å². The first-order valence-electron chi connectivity index (χ1n) is 6.65. The summed E-state index contributed by atoms with van der Waals surface area (Å²) in [5, 5.41) is 3.69. The molecule has 0 aliphatic rings. The normalized spacial score (nSPS) is 10.6. The second-order valence-electron chi connectivity index (χ2n) is 4.75. The lowest BCUT2D eigenvalue weighted by atomic mass is 10.2. The van der Waals surface area contributed by atoms with Crippen LogP contribution in [0.4, 0.5) is 5.69 Å². The fourth-order valence-electron chi connectivity index (χ4n) is 1.99. The Hall–Kier alpha value is -1.50. The van der Waals surface area contributed by atoms with E-state index in [2.05, 4.69) is 27.9 Å². The zero-order chi connectivity index (χ0) is 16.4. The van der Waals surface area contributed by atoms with Gasteiger partial charge in [-0.05, 0) is 77.2 Å². The maximum absolute atomic E-state index is 12.2. The maximum atomic E-state index is 12.2. The molecule has 2 aromatic carbocycles. The van der Waals surface area contributed by atoms with Crippen molar-refractivity contribution in [3.05, 3.63) is 74.0 Å². The van der Waals surface area contributed by atoms with E-state index >= 15 is 0 Å². The average molecular weight is 458 g/mol. The van der Waals surface area contributed by atoms with Gasteiger partial charge in [0.1, 0.15) is 5.76 Å². The number of halogens is 3. The summed E-state index contributed by atoms with van der Waals surface area (Å²) in [5.41, 5.74) is 1.47. The lowest BCUT2D eigenvalue weighted by Gasteiger charge is -2.03. The van der Waals surface area contributed by atoms with E-state index in [-0.39, 0.29) is 11.7 Å². The van der Waals surface area contributed by atoms with Crippen LogP contribution < -0.4 is 5.32 Å². The van der Waals surface area contributed by atoms with Crippen molar-refractivity contribution >= 4 is 57.4 Å². The first kappa shape index (κ1) is 16.4. The standard InChI is InChI=1S/C17H10Cl2INO2/c18-13-6-1-10(9-14(13)19)15-7-8-16(23-15)17(22)21-12-4-2-11(20)3-5-12/h1-9H,(H,21,22). The molecule has 3 rings (SSSR count). The van der Waals surface area contributed by atoms with Gasteiger partial charge in [-0.25, -0.2) is 0 Å². The molecule has 116 valence electrons. The van der Waals surface area contributed by atoms with Crippen molar-refractivity contribution in [1.82, 2.24) is 0 Å². The molecule has 0 spiro atoms. The lowest BCUT2D eigenvalue weighted by molar-refractivity contribution is 0.0997. The van der Waals surface area contributed by atoms with E-state index < -0.39 is 0 Å². The minimum atomic E-state index is -0.308. The number of hydrogen-bond donors (Lipinski definition) is 1. The van der Waals surface area contributed by atoms with Gasteiger partial charge in [-0.3, -0.25) is 4.79 Å². The molecule has 0 atom stereocenters. The molecule has 3 aromatic rings. The molecule has 1 amide bonds. The second kappa shape index (κ2) is 6.95. The van der Waals surface area contributed by atoms with Crippen LogP contribution in [0.2, 0.25) is 10.0 Å². The van der Waals surface area contributed by atoms with E-state index in [1.165, 1.54) is 0 Å². The van der Waals surface area contributed by atoms with Gasteiger partial charge in [0.2, 0.25) is 0 Å². The van der Waals surface area contributed by atoms with Gasteiger partial charge in [-0.1, -0.05) is 23.2 Å². The van der Waals surface area contributed by atoms with Crippen LogP contribution in [0.25, 0.3) is 11.3 Å². The fraction of sp³-hybridized carbons (Fsp3) is 0. The van der Waals surface area contributed by atoms with Crippen LogP contribution in [0.5, 0.6) is 0 Å². The van der Waals surface area contributed by atoms with Crippen LogP contribution in [-0.4, -0.2) is 5.91 Å². The summed E-state index contributed by atoms with van der Waals surface area (Å²) in [4.78, 5) is 12.2.